The van der Waals surface area contributed by atoms with Gasteiger partial charge < -0.3 is 0 Å². The third kappa shape index (κ3) is 4.75. The lowest BCUT2D eigenvalue weighted by atomic mass is 9.96. The number of aromatic nitrogens is 4. The van der Waals surface area contributed by atoms with Gasteiger partial charge in [0, 0.05) is 16.8 Å². The Bertz CT molecular complexity index is 2550. The van der Waals surface area contributed by atoms with E-state index in [9.17, 15) is 0 Å². The predicted octanol–water partition coefficient (Wildman–Crippen LogP) is 10.8. The molecular formula is C43H28N4. The molecule has 0 aliphatic carbocycles. The van der Waals surface area contributed by atoms with E-state index in [1.807, 2.05) is 18.2 Å². The van der Waals surface area contributed by atoms with Gasteiger partial charge in [0.2, 0.25) is 0 Å². The van der Waals surface area contributed by atoms with Crippen LogP contribution < -0.4 is 0 Å². The van der Waals surface area contributed by atoms with Gasteiger partial charge in [0.15, 0.2) is 11.6 Å². The van der Waals surface area contributed by atoms with Crippen LogP contribution in [-0.2, 0) is 0 Å². The van der Waals surface area contributed by atoms with Crippen molar-refractivity contribution in [2.75, 3.05) is 0 Å². The average molecular weight is 601 g/mol. The average Bonchev–Trinajstić information content (AvgIpc) is 3.55. The summed E-state index contributed by atoms with van der Waals surface area (Å²) >= 11 is 0. The highest BCUT2D eigenvalue weighted by atomic mass is 15.1. The van der Waals surface area contributed by atoms with Crippen LogP contribution in [0.25, 0.3) is 83.6 Å². The Labute approximate surface area is 272 Å². The Hall–Kier alpha value is -6.39. The number of fused-ring (bicyclic) bond motifs is 4. The molecule has 0 fully saturated rings. The standard InChI is InChI=1S/C43H28N4/c1-3-13-29(14-4-1)30-23-25-31(26-24-30)39-28-40(43-46-38-21-11-12-22-41(38)47(43)33-16-5-2-6-17-33)45-42(44-39)37-27-32-15-7-8-18-34(32)35-19-9-10-20-36(35)37/h1-28H. The number of hydrogen-bond donors (Lipinski definition) is 0. The Morgan fingerprint density at radius 2 is 1.00 bits per heavy atom. The molecule has 9 aromatic rings. The molecular weight excluding hydrogens is 573 g/mol. The fourth-order valence-electron chi connectivity index (χ4n) is 6.57. The summed E-state index contributed by atoms with van der Waals surface area (Å²) in [6.45, 7) is 0. The van der Waals surface area contributed by atoms with Crippen molar-refractivity contribution in [2.24, 2.45) is 0 Å². The molecule has 0 saturated heterocycles. The first-order valence-corrected chi connectivity index (χ1v) is 15.8. The summed E-state index contributed by atoms with van der Waals surface area (Å²) in [5.41, 5.74) is 8.92. The van der Waals surface area contributed by atoms with E-state index in [4.69, 9.17) is 15.0 Å². The van der Waals surface area contributed by atoms with Crippen molar-refractivity contribution in [3.8, 4) is 51.0 Å². The molecule has 0 saturated carbocycles. The first kappa shape index (κ1) is 27.0. The largest absolute Gasteiger partial charge is 0.291 e. The molecule has 0 spiro atoms. The van der Waals surface area contributed by atoms with Crippen molar-refractivity contribution in [3.63, 3.8) is 0 Å². The first-order valence-electron chi connectivity index (χ1n) is 15.8. The van der Waals surface area contributed by atoms with E-state index in [1.54, 1.807) is 0 Å². The minimum Gasteiger partial charge on any atom is -0.291 e. The van der Waals surface area contributed by atoms with Crippen LogP contribution in [-0.4, -0.2) is 19.5 Å². The van der Waals surface area contributed by atoms with Crippen LogP contribution in [0.15, 0.2) is 170 Å². The number of benzene rings is 7. The molecule has 9 rings (SSSR count). The monoisotopic (exact) mass is 600 g/mol. The molecule has 2 heterocycles. The fourth-order valence-corrected chi connectivity index (χ4v) is 6.57. The van der Waals surface area contributed by atoms with E-state index in [1.165, 1.54) is 16.3 Å². The quantitative estimate of drug-likeness (QED) is 0.185. The predicted molar refractivity (Wildman–Crippen MR) is 193 cm³/mol. The van der Waals surface area contributed by atoms with Crippen LogP contribution in [0, 0.1) is 0 Å². The van der Waals surface area contributed by atoms with Gasteiger partial charge in [-0.1, -0.05) is 133 Å². The minimum absolute atomic E-state index is 0.665. The zero-order valence-electron chi connectivity index (χ0n) is 25.5. The lowest BCUT2D eigenvalue weighted by Crippen LogP contribution is -2.02. The number of hydrogen-bond acceptors (Lipinski definition) is 3. The van der Waals surface area contributed by atoms with Crippen LogP contribution >= 0.6 is 0 Å². The molecule has 0 bridgehead atoms. The van der Waals surface area contributed by atoms with Crippen molar-refractivity contribution in [2.45, 2.75) is 0 Å². The van der Waals surface area contributed by atoms with Gasteiger partial charge in [-0.3, -0.25) is 4.57 Å². The van der Waals surface area contributed by atoms with Crippen LogP contribution in [0.3, 0.4) is 0 Å². The summed E-state index contributed by atoms with van der Waals surface area (Å²) in [7, 11) is 0. The van der Waals surface area contributed by atoms with E-state index < -0.39 is 0 Å². The maximum atomic E-state index is 5.31. The van der Waals surface area contributed by atoms with Gasteiger partial charge in [0.25, 0.3) is 0 Å². The maximum absolute atomic E-state index is 5.31. The maximum Gasteiger partial charge on any atom is 0.164 e. The summed E-state index contributed by atoms with van der Waals surface area (Å²) in [4.78, 5) is 15.7. The lowest BCUT2D eigenvalue weighted by Gasteiger charge is -2.14. The number of para-hydroxylation sites is 3. The van der Waals surface area contributed by atoms with Crippen molar-refractivity contribution >= 4 is 32.6 Å². The molecule has 0 unspecified atom stereocenters. The van der Waals surface area contributed by atoms with Gasteiger partial charge in [-0.25, -0.2) is 15.0 Å². The highest BCUT2D eigenvalue weighted by molar-refractivity contribution is 6.13. The van der Waals surface area contributed by atoms with Crippen LogP contribution in [0.1, 0.15) is 0 Å². The topological polar surface area (TPSA) is 43.6 Å². The van der Waals surface area contributed by atoms with E-state index in [2.05, 4.69) is 156 Å². The molecule has 7 aromatic carbocycles. The molecule has 0 aliphatic heterocycles. The molecule has 0 aliphatic rings. The van der Waals surface area contributed by atoms with Crippen LogP contribution in [0.2, 0.25) is 0 Å². The summed E-state index contributed by atoms with van der Waals surface area (Å²) in [6, 6.07) is 59.0. The Balaban J connectivity index is 1.31. The van der Waals surface area contributed by atoms with Gasteiger partial charge in [0.05, 0.1) is 16.7 Å². The second-order valence-corrected chi connectivity index (χ2v) is 11.7. The van der Waals surface area contributed by atoms with E-state index >= 15 is 0 Å². The molecule has 4 heteroatoms. The normalized spacial score (nSPS) is 11.4. The van der Waals surface area contributed by atoms with Gasteiger partial charge in [-0.15, -0.1) is 0 Å². The summed E-state index contributed by atoms with van der Waals surface area (Å²) < 4.78 is 2.20. The lowest BCUT2D eigenvalue weighted by molar-refractivity contribution is 1.07. The Morgan fingerprint density at radius 1 is 0.404 bits per heavy atom. The number of rotatable bonds is 5. The first-order chi connectivity index (χ1) is 23.3. The van der Waals surface area contributed by atoms with E-state index in [0.29, 0.717) is 5.82 Å². The van der Waals surface area contributed by atoms with Crippen LogP contribution in [0.5, 0.6) is 0 Å². The number of imidazole rings is 1. The van der Waals surface area contributed by atoms with E-state index in [-0.39, 0.29) is 0 Å². The van der Waals surface area contributed by atoms with E-state index in [0.717, 1.165) is 61.4 Å². The van der Waals surface area contributed by atoms with Gasteiger partial charge >= 0.3 is 0 Å². The van der Waals surface area contributed by atoms with Crippen molar-refractivity contribution in [1.82, 2.24) is 19.5 Å². The minimum atomic E-state index is 0.665. The van der Waals surface area contributed by atoms with Crippen molar-refractivity contribution < 1.29 is 0 Å². The molecule has 2 aromatic heterocycles. The van der Waals surface area contributed by atoms with Gasteiger partial charge in [-0.05, 0) is 69.1 Å². The number of nitrogens with zero attached hydrogens (tertiary/aromatic N) is 4. The zero-order valence-corrected chi connectivity index (χ0v) is 25.5. The molecule has 4 nitrogen and oxygen atoms in total. The van der Waals surface area contributed by atoms with Crippen molar-refractivity contribution in [1.29, 1.82) is 0 Å². The molecule has 0 radical (unpaired) electrons. The molecule has 220 valence electrons. The molecule has 0 amide bonds. The second kappa shape index (κ2) is 11.2. The SMILES string of the molecule is c1ccc(-c2ccc(-c3cc(-c4nc5ccccc5n4-c4ccccc4)nc(-c4cc5ccccc5c5ccccc45)n3)cc2)cc1. The molecule has 47 heavy (non-hydrogen) atoms. The third-order valence-electron chi connectivity index (χ3n) is 8.83. The smallest absolute Gasteiger partial charge is 0.164 e. The Morgan fingerprint density at radius 3 is 1.81 bits per heavy atom. The van der Waals surface area contributed by atoms with Crippen molar-refractivity contribution in [3.05, 3.63) is 170 Å². The highest BCUT2D eigenvalue weighted by Crippen LogP contribution is 2.37. The van der Waals surface area contributed by atoms with Crippen LogP contribution in [0.4, 0.5) is 0 Å². The third-order valence-corrected chi connectivity index (χ3v) is 8.83. The molecule has 0 N–H and O–H groups in total. The Kier molecular flexibility index (Phi) is 6.43. The summed E-state index contributed by atoms with van der Waals surface area (Å²) in [5, 5.41) is 4.66. The second-order valence-electron chi connectivity index (χ2n) is 11.7. The highest BCUT2D eigenvalue weighted by Gasteiger charge is 2.20. The summed E-state index contributed by atoms with van der Waals surface area (Å²) in [5.74, 6) is 1.44. The fraction of sp³-hybridized carbons (Fsp3) is 0. The van der Waals surface area contributed by atoms with Gasteiger partial charge in [0.1, 0.15) is 5.69 Å². The summed E-state index contributed by atoms with van der Waals surface area (Å²) in [6.07, 6.45) is 0. The zero-order chi connectivity index (χ0) is 31.2. The molecule has 0 atom stereocenters. The van der Waals surface area contributed by atoms with Gasteiger partial charge in [-0.2, -0.15) is 0 Å².